The Bertz CT molecular complexity index is 907. The molecule has 0 heterocycles. The number of hydrogen-bond donors (Lipinski definition) is 3. The first-order chi connectivity index (χ1) is 13.9. The first-order valence-corrected chi connectivity index (χ1v) is 9.57. The third kappa shape index (κ3) is 5.00. The Morgan fingerprint density at radius 2 is 1.90 bits per heavy atom. The molecule has 0 aromatic heterocycles. The van der Waals surface area contributed by atoms with E-state index in [1.165, 1.54) is 24.3 Å². The van der Waals surface area contributed by atoms with Crippen molar-refractivity contribution in [2.24, 2.45) is 5.92 Å². The summed E-state index contributed by atoms with van der Waals surface area (Å²) < 4.78 is 26.8. The lowest BCUT2D eigenvalue weighted by Crippen LogP contribution is -2.51. The van der Waals surface area contributed by atoms with Gasteiger partial charge in [0.05, 0.1) is 6.04 Å². The normalized spacial score (nSPS) is 20.6. The number of anilines is 1. The van der Waals surface area contributed by atoms with Gasteiger partial charge < -0.3 is 15.5 Å². The molecule has 1 aliphatic rings. The molecule has 0 amide bonds. The zero-order chi connectivity index (χ0) is 20.9. The standard InChI is InChI=1S/C24H25F2NO2/c1-2-4-19(16-28)23(27-22-9-7-20(25)8-10-22)24(29)13-11-17(12-14-24)18-5-3-6-21(26)15-18/h2-3,5-13,15,19,23,27-29H,1,4,14,16H2. The monoisotopic (exact) mass is 397 g/mol. The summed E-state index contributed by atoms with van der Waals surface area (Å²) in [6.45, 7) is 3.59. The fourth-order valence-corrected chi connectivity index (χ4v) is 3.66. The van der Waals surface area contributed by atoms with Crippen LogP contribution >= 0.6 is 0 Å². The van der Waals surface area contributed by atoms with Gasteiger partial charge in [0.15, 0.2) is 0 Å². The highest BCUT2D eigenvalue weighted by Gasteiger charge is 2.39. The van der Waals surface area contributed by atoms with Gasteiger partial charge in [-0.15, -0.1) is 6.58 Å². The number of benzene rings is 2. The molecule has 0 saturated carbocycles. The predicted molar refractivity (Wildman–Crippen MR) is 112 cm³/mol. The average Bonchev–Trinajstić information content (AvgIpc) is 2.72. The number of hydrogen-bond acceptors (Lipinski definition) is 3. The van der Waals surface area contributed by atoms with Gasteiger partial charge in [-0.2, -0.15) is 0 Å². The highest BCUT2D eigenvalue weighted by molar-refractivity contribution is 5.75. The van der Waals surface area contributed by atoms with Crippen LogP contribution in [0, 0.1) is 17.6 Å². The van der Waals surface area contributed by atoms with Gasteiger partial charge in [0.25, 0.3) is 0 Å². The molecule has 0 radical (unpaired) electrons. The van der Waals surface area contributed by atoms with E-state index in [2.05, 4.69) is 11.9 Å². The quantitative estimate of drug-likeness (QED) is 0.566. The summed E-state index contributed by atoms with van der Waals surface area (Å²) in [4.78, 5) is 0. The maximum absolute atomic E-state index is 13.5. The molecule has 0 fully saturated rings. The van der Waals surface area contributed by atoms with Crippen LogP contribution in [0.3, 0.4) is 0 Å². The number of nitrogens with one attached hydrogen (secondary N) is 1. The lowest BCUT2D eigenvalue weighted by molar-refractivity contribution is 0.0375. The van der Waals surface area contributed by atoms with Crippen LogP contribution in [0.2, 0.25) is 0 Å². The van der Waals surface area contributed by atoms with Gasteiger partial charge in [-0.3, -0.25) is 0 Å². The molecular formula is C24H25F2NO2. The SMILES string of the molecule is C=CCC(CO)C(Nc1ccc(F)cc1)C1(O)C=CC(c2cccc(F)c2)=CC1. The van der Waals surface area contributed by atoms with Gasteiger partial charge in [0.2, 0.25) is 0 Å². The van der Waals surface area contributed by atoms with Crippen LogP contribution in [0.15, 0.2) is 79.4 Å². The summed E-state index contributed by atoms with van der Waals surface area (Å²) >= 11 is 0. The number of halogens is 2. The molecule has 5 heteroatoms. The Kier molecular flexibility index (Phi) is 6.62. The van der Waals surface area contributed by atoms with Crippen LogP contribution in [0.4, 0.5) is 14.5 Å². The Hall–Kier alpha value is -2.76. The first-order valence-electron chi connectivity index (χ1n) is 9.57. The smallest absolute Gasteiger partial charge is 0.123 e. The summed E-state index contributed by atoms with van der Waals surface area (Å²) in [6.07, 6.45) is 7.77. The van der Waals surface area contributed by atoms with Gasteiger partial charge in [-0.05, 0) is 54.0 Å². The second kappa shape index (κ2) is 9.16. The summed E-state index contributed by atoms with van der Waals surface area (Å²) in [7, 11) is 0. The molecule has 0 bridgehead atoms. The molecular weight excluding hydrogens is 372 g/mol. The number of allylic oxidation sites excluding steroid dienone is 3. The Balaban J connectivity index is 1.87. The molecule has 2 aromatic carbocycles. The maximum Gasteiger partial charge on any atom is 0.123 e. The molecule has 3 unspecified atom stereocenters. The first kappa shape index (κ1) is 21.0. The van der Waals surface area contributed by atoms with Crippen LogP contribution in [0.5, 0.6) is 0 Å². The van der Waals surface area contributed by atoms with Crippen molar-refractivity contribution >= 4 is 11.3 Å². The van der Waals surface area contributed by atoms with Gasteiger partial charge in [0, 0.05) is 24.6 Å². The van der Waals surface area contributed by atoms with Crippen molar-refractivity contribution in [3.8, 4) is 0 Å². The second-order valence-electron chi connectivity index (χ2n) is 7.29. The van der Waals surface area contributed by atoms with Crippen LogP contribution in [0.25, 0.3) is 5.57 Å². The highest BCUT2D eigenvalue weighted by atomic mass is 19.1. The molecule has 3 N–H and O–H groups in total. The minimum Gasteiger partial charge on any atom is -0.396 e. The molecule has 3 nitrogen and oxygen atoms in total. The van der Waals surface area contributed by atoms with Crippen molar-refractivity contribution in [2.45, 2.75) is 24.5 Å². The molecule has 0 saturated heterocycles. The van der Waals surface area contributed by atoms with Gasteiger partial charge in [-0.25, -0.2) is 8.78 Å². The molecule has 1 aliphatic carbocycles. The van der Waals surface area contributed by atoms with Crippen LogP contribution < -0.4 is 5.32 Å². The van der Waals surface area contributed by atoms with Crippen molar-refractivity contribution in [3.05, 3.63) is 96.6 Å². The predicted octanol–water partition coefficient (Wildman–Crippen LogP) is 4.70. The average molecular weight is 397 g/mol. The van der Waals surface area contributed by atoms with E-state index in [9.17, 15) is 19.0 Å². The zero-order valence-electron chi connectivity index (χ0n) is 16.1. The summed E-state index contributed by atoms with van der Waals surface area (Å²) in [6, 6.07) is 11.6. The van der Waals surface area contributed by atoms with E-state index in [-0.39, 0.29) is 30.6 Å². The van der Waals surface area contributed by atoms with Crippen LogP contribution in [-0.4, -0.2) is 28.5 Å². The molecule has 29 heavy (non-hydrogen) atoms. The third-order valence-electron chi connectivity index (χ3n) is 5.24. The summed E-state index contributed by atoms with van der Waals surface area (Å²) in [5, 5.41) is 24.6. The topological polar surface area (TPSA) is 52.5 Å². The largest absolute Gasteiger partial charge is 0.396 e. The van der Waals surface area contributed by atoms with E-state index in [4.69, 9.17) is 0 Å². The molecule has 0 spiro atoms. The van der Waals surface area contributed by atoms with E-state index in [1.54, 1.807) is 36.4 Å². The van der Waals surface area contributed by atoms with Gasteiger partial charge in [-0.1, -0.05) is 36.4 Å². The maximum atomic E-state index is 13.5. The number of aliphatic hydroxyl groups is 2. The minimum absolute atomic E-state index is 0.151. The van der Waals surface area contributed by atoms with E-state index >= 15 is 0 Å². The lowest BCUT2D eigenvalue weighted by Gasteiger charge is -2.40. The van der Waals surface area contributed by atoms with Crippen LogP contribution in [0.1, 0.15) is 18.4 Å². The number of rotatable bonds is 8. The van der Waals surface area contributed by atoms with E-state index in [0.717, 1.165) is 11.1 Å². The van der Waals surface area contributed by atoms with E-state index in [1.807, 2.05) is 12.1 Å². The molecule has 3 rings (SSSR count). The van der Waals surface area contributed by atoms with Crippen molar-refractivity contribution in [3.63, 3.8) is 0 Å². The molecule has 0 aliphatic heterocycles. The third-order valence-corrected chi connectivity index (χ3v) is 5.24. The van der Waals surface area contributed by atoms with Gasteiger partial charge in [0.1, 0.15) is 17.2 Å². The fourth-order valence-electron chi connectivity index (χ4n) is 3.66. The van der Waals surface area contributed by atoms with Crippen molar-refractivity contribution in [1.29, 1.82) is 0 Å². The Labute approximate surface area is 169 Å². The lowest BCUT2D eigenvalue weighted by atomic mass is 9.77. The summed E-state index contributed by atoms with van der Waals surface area (Å²) in [5.74, 6) is -0.980. The highest BCUT2D eigenvalue weighted by Crippen LogP contribution is 2.34. The van der Waals surface area contributed by atoms with Crippen molar-refractivity contribution in [2.75, 3.05) is 11.9 Å². The molecule has 2 aromatic rings. The van der Waals surface area contributed by atoms with Gasteiger partial charge >= 0.3 is 0 Å². The minimum atomic E-state index is -1.29. The Morgan fingerprint density at radius 3 is 2.48 bits per heavy atom. The van der Waals surface area contributed by atoms with Crippen molar-refractivity contribution < 1.29 is 19.0 Å². The van der Waals surface area contributed by atoms with E-state index in [0.29, 0.717) is 12.1 Å². The fraction of sp³-hybridized carbons (Fsp3) is 0.250. The zero-order valence-corrected chi connectivity index (χ0v) is 16.1. The van der Waals surface area contributed by atoms with E-state index < -0.39 is 11.6 Å². The number of aliphatic hydroxyl groups excluding tert-OH is 1. The Morgan fingerprint density at radius 1 is 1.14 bits per heavy atom. The molecule has 152 valence electrons. The molecule has 3 atom stereocenters. The summed E-state index contributed by atoms with van der Waals surface area (Å²) in [5.41, 5.74) is 0.900. The van der Waals surface area contributed by atoms with Crippen LogP contribution in [-0.2, 0) is 0 Å². The second-order valence-corrected chi connectivity index (χ2v) is 7.29. The van der Waals surface area contributed by atoms with Crippen molar-refractivity contribution in [1.82, 2.24) is 0 Å².